The average molecular weight is 350 g/mol. The molecule has 0 aliphatic heterocycles. The van der Waals surface area contributed by atoms with Crippen molar-refractivity contribution in [3.8, 4) is 0 Å². The third-order valence-corrected chi connectivity index (χ3v) is 3.50. The summed E-state index contributed by atoms with van der Waals surface area (Å²) >= 11 is 6.09. The van der Waals surface area contributed by atoms with Gasteiger partial charge >= 0.3 is 0 Å². The number of benzene rings is 1. The molecule has 0 saturated heterocycles. The number of carbonyl (C=O) groups excluding carboxylic acids is 2. The molecule has 1 heterocycles. The number of hydrogen-bond acceptors (Lipinski definition) is 4. The Kier molecular flexibility index (Phi) is 6.84. The summed E-state index contributed by atoms with van der Waals surface area (Å²) in [6.45, 7) is 2.51. The molecular formula is C17H20ClN3O3. The van der Waals surface area contributed by atoms with Crippen LogP contribution < -0.4 is 16.0 Å². The molecule has 0 bridgehead atoms. The molecule has 7 heteroatoms. The summed E-state index contributed by atoms with van der Waals surface area (Å²) in [5, 5.41) is 8.87. The largest absolute Gasteiger partial charge is 0.468 e. The van der Waals surface area contributed by atoms with Crippen molar-refractivity contribution in [2.75, 3.05) is 17.2 Å². The molecule has 0 radical (unpaired) electrons. The zero-order valence-electron chi connectivity index (χ0n) is 13.4. The highest BCUT2D eigenvalue weighted by Crippen LogP contribution is 2.25. The average Bonchev–Trinajstić information content (AvgIpc) is 3.04. The molecular weight excluding hydrogens is 330 g/mol. The van der Waals surface area contributed by atoms with E-state index in [1.165, 1.54) is 0 Å². The van der Waals surface area contributed by atoms with E-state index in [-0.39, 0.29) is 18.4 Å². The van der Waals surface area contributed by atoms with Gasteiger partial charge in [0.25, 0.3) is 0 Å². The van der Waals surface area contributed by atoms with Crippen LogP contribution in [0.3, 0.4) is 0 Å². The lowest BCUT2D eigenvalue weighted by Gasteiger charge is -2.11. The van der Waals surface area contributed by atoms with E-state index in [1.54, 1.807) is 30.5 Å². The van der Waals surface area contributed by atoms with Gasteiger partial charge in [-0.1, -0.05) is 18.5 Å². The second-order valence-corrected chi connectivity index (χ2v) is 5.63. The van der Waals surface area contributed by atoms with Crippen molar-refractivity contribution in [1.29, 1.82) is 0 Å². The Morgan fingerprint density at radius 2 is 2.00 bits per heavy atom. The number of anilines is 2. The van der Waals surface area contributed by atoms with E-state index in [2.05, 4.69) is 16.0 Å². The lowest BCUT2D eigenvalue weighted by Crippen LogP contribution is -2.27. The van der Waals surface area contributed by atoms with Crippen LogP contribution in [0, 0.1) is 0 Å². The topological polar surface area (TPSA) is 83.4 Å². The first-order chi connectivity index (χ1) is 11.6. The fourth-order valence-corrected chi connectivity index (χ4v) is 2.22. The number of halogens is 1. The minimum atomic E-state index is -0.236. The summed E-state index contributed by atoms with van der Waals surface area (Å²) < 4.78 is 5.17. The lowest BCUT2D eigenvalue weighted by atomic mass is 10.2. The van der Waals surface area contributed by atoms with Gasteiger partial charge in [0, 0.05) is 12.1 Å². The molecule has 0 fully saturated rings. The van der Waals surface area contributed by atoms with Crippen LogP contribution in [-0.2, 0) is 16.1 Å². The van der Waals surface area contributed by atoms with Crippen molar-refractivity contribution < 1.29 is 14.0 Å². The van der Waals surface area contributed by atoms with Crippen LogP contribution in [0.4, 0.5) is 11.4 Å². The lowest BCUT2D eigenvalue weighted by molar-refractivity contribution is -0.116. The summed E-state index contributed by atoms with van der Waals surface area (Å²) in [5.41, 5.74) is 1.05. The summed E-state index contributed by atoms with van der Waals surface area (Å²) in [4.78, 5) is 23.6. The van der Waals surface area contributed by atoms with Crippen molar-refractivity contribution in [3.05, 3.63) is 47.4 Å². The molecule has 0 spiro atoms. The van der Waals surface area contributed by atoms with Gasteiger partial charge in [-0.15, -0.1) is 0 Å². The minimum Gasteiger partial charge on any atom is -0.468 e. The highest BCUT2D eigenvalue weighted by Gasteiger charge is 2.08. The Hall–Kier alpha value is -2.31. The number of amides is 2. The molecule has 0 aliphatic rings. The Morgan fingerprint density at radius 3 is 2.71 bits per heavy atom. The Morgan fingerprint density at radius 1 is 1.17 bits per heavy atom. The third-order valence-electron chi connectivity index (χ3n) is 3.17. The maximum absolute atomic E-state index is 12.0. The maximum atomic E-state index is 12.0. The zero-order valence-corrected chi connectivity index (χ0v) is 14.2. The summed E-state index contributed by atoms with van der Waals surface area (Å²) in [5.74, 6) is 0.444. The summed E-state index contributed by atoms with van der Waals surface area (Å²) in [6, 6.07) is 8.58. The van der Waals surface area contributed by atoms with Crippen molar-refractivity contribution in [3.63, 3.8) is 0 Å². The van der Waals surface area contributed by atoms with Gasteiger partial charge in [-0.05, 0) is 36.8 Å². The number of carbonyl (C=O) groups is 2. The summed E-state index contributed by atoms with van der Waals surface area (Å²) in [6.07, 6.45) is 2.79. The van der Waals surface area contributed by atoms with Gasteiger partial charge in [0.1, 0.15) is 5.76 Å². The predicted octanol–water partition coefficient (Wildman–Crippen LogP) is 3.40. The molecule has 0 unspecified atom stereocenters. The van der Waals surface area contributed by atoms with E-state index < -0.39 is 0 Å². The Bertz CT molecular complexity index is 686. The minimum absolute atomic E-state index is 0.0720. The van der Waals surface area contributed by atoms with E-state index in [4.69, 9.17) is 16.0 Å². The second-order valence-electron chi connectivity index (χ2n) is 5.22. The van der Waals surface area contributed by atoms with Crippen LogP contribution in [0.5, 0.6) is 0 Å². The van der Waals surface area contributed by atoms with Crippen LogP contribution in [-0.4, -0.2) is 18.4 Å². The number of furan rings is 1. The van der Waals surface area contributed by atoms with E-state index >= 15 is 0 Å². The molecule has 3 N–H and O–H groups in total. The highest BCUT2D eigenvalue weighted by molar-refractivity contribution is 6.33. The quantitative estimate of drug-likeness (QED) is 0.682. The first-order valence-corrected chi connectivity index (χ1v) is 8.08. The van der Waals surface area contributed by atoms with Crippen molar-refractivity contribution in [1.82, 2.24) is 5.32 Å². The van der Waals surface area contributed by atoms with E-state index in [9.17, 15) is 9.59 Å². The van der Waals surface area contributed by atoms with Crippen molar-refractivity contribution >= 4 is 34.8 Å². The van der Waals surface area contributed by atoms with Gasteiger partial charge in [-0.3, -0.25) is 9.59 Å². The molecule has 2 rings (SSSR count). The Labute approximate surface area is 145 Å². The van der Waals surface area contributed by atoms with Crippen LogP contribution in [0.25, 0.3) is 0 Å². The van der Waals surface area contributed by atoms with Gasteiger partial charge in [0.2, 0.25) is 11.8 Å². The van der Waals surface area contributed by atoms with Crippen molar-refractivity contribution in [2.45, 2.75) is 26.3 Å². The molecule has 2 aromatic rings. The maximum Gasteiger partial charge on any atom is 0.238 e. The normalized spacial score (nSPS) is 10.4. The molecule has 128 valence electrons. The second kappa shape index (κ2) is 9.10. The van der Waals surface area contributed by atoms with Gasteiger partial charge in [-0.2, -0.15) is 0 Å². The van der Waals surface area contributed by atoms with Crippen LogP contribution >= 0.6 is 11.6 Å². The summed E-state index contributed by atoms with van der Waals surface area (Å²) in [7, 11) is 0. The molecule has 0 saturated carbocycles. The first kappa shape index (κ1) is 18.0. The van der Waals surface area contributed by atoms with Gasteiger partial charge in [-0.25, -0.2) is 0 Å². The van der Waals surface area contributed by atoms with Gasteiger partial charge < -0.3 is 20.4 Å². The zero-order chi connectivity index (χ0) is 17.4. The SMILES string of the molecule is CCCC(=O)Nc1ccc(Cl)c(NC(=O)CNCc2ccco2)c1. The molecule has 6 nitrogen and oxygen atoms in total. The van der Waals surface area contributed by atoms with Crippen molar-refractivity contribution in [2.24, 2.45) is 0 Å². The van der Waals surface area contributed by atoms with Crippen LogP contribution in [0.1, 0.15) is 25.5 Å². The van der Waals surface area contributed by atoms with Gasteiger partial charge in [0.15, 0.2) is 0 Å². The number of hydrogen-bond donors (Lipinski definition) is 3. The smallest absolute Gasteiger partial charge is 0.238 e. The fourth-order valence-electron chi connectivity index (χ4n) is 2.06. The van der Waals surface area contributed by atoms with Crippen LogP contribution in [0.15, 0.2) is 41.0 Å². The molecule has 1 aromatic carbocycles. The van der Waals surface area contributed by atoms with Gasteiger partial charge in [0.05, 0.1) is 30.1 Å². The van der Waals surface area contributed by atoms with E-state index in [0.717, 1.165) is 12.2 Å². The molecule has 0 aliphatic carbocycles. The van der Waals surface area contributed by atoms with Crippen LogP contribution in [0.2, 0.25) is 5.02 Å². The third kappa shape index (κ3) is 5.72. The number of nitrogens with one attached hydrogen (secondary N) is 3. The fraction of sp³-hybridized carbons (Fsp3) is 0.294. The van der Waals surface area contributed by atoms with E-state index in [1.807, 2.05) is 13.0 Å². The predicted molar refractivity (Wildman–Crippen MR) is 94.0 cm³/mol. The van der Waals surface area contributed by atoms with E-state index in [0.29, 0.717) is 29.4 Å². The number of rotatable bonds is 8. The molecule has 1 aromatic heterocycles. The first-order valence-electron chi connectivity index (χ1n) is 7.71. The molecule has 0 atom stereocenters. The molecule has 24 heavy (non-hydrogen) atoms. The highest BCUT2D eigenvalue weighted by atomic mass is 35.5. The Balaban J connectivity index is 1.88. The standard InChI is InChI=1S/C17H20ClN3O3/c1-2-4-16(22)20-12-6-7-14(18)15(9-12)21-17(23)11-19-10-13-5-3-8-24-13/h3,5-9,19H,2,4,10-11H2,1H3,(H,20,22)(H,21,23). The molecule has 2 amide bonds. The monoisotopic (exact) mass is 349 g/mol.